The number of nitrogens with one attached hydrogen (secondary N) is 1. The highest BCUT2D eigenvalue weighted by Crippen LogP contribution is 2.39. The molecular weight excluding hydrogens is 376 g/mol. The number of aromatic nitrogens is 1. The molecule has 158 valence electrons. The molecule has 0 bridgehead atoms. The summed E-state index contributed by atoms with van der Waals surface area (Å²) in [4.78, 5) is 34.0. The van der Waals surface area contributed by atoms with Crippen molar-refractivity contribution in [2.45, 2.75) is 33.6 Å². The normalized spacial score (nSPS) is 20.9. The molecule has 6 heteroatoms. The smallest absolute Gasteiger partial charge is 0.253 e. The van der Waals surface area contributed by atoms with Gasteiger partial charge >= 0.3 is 0 Å². The third kappa shape index (κ3) is 3.78. The van der Waals surface area contributed by atoms with Crippen LogP contribution in [0, 0.1) is 19.3 Å². The lowest BCUT2D eigenvalue weighted by atomic mass is 9.77. The number of benzene rings is 1. The molecule has 1 unspecified atom stereocenters. The molecule has 1 atom stereocenters. The monoisotopic (exact) mass is 406 g/mol. The maximum Gasteiger partial charge on any atom is 0.253 e. The van der Waals surface area contributed by atoms with Crippen LogP contribution in [0.15, 0.2) is 36.5 Å². The Balaban J connectivity index is 1.41. The van der Waals surface area contributed by atoms with Crippen molar-refractivity contribution in [1.82, 2.24) is 15.2 Å². The molecule has 2 fully saturated rings. The summed E-state index contributed by atoms with van der Waals surface area (Å²) in [5, 5.41) is 2.95. The second-order valence-electron chi connectivity index (χ2n) is 9.19. The number of anilines is 1. The predicted molar refractivity (Wildman–Crippen MR) is 118 cm³/mol. The molecule has 0 aliphatic carbocycles. The van der Waals surface area contributed by atoms with Crippen LogP contribution >= 0.6 is 0 Å². The first-order chi connectivity index (χ1) is 14.3. The molecule has 4 rings (SSSR count). The number of aryl methyl sites for hydroxylation is 2. The van der Waals surface area contributed by atoms with Crippen molar-refractivity contribution in [3.05, 3.63) is 58.8 Å². The Labute approximate surface area is 178 Å². The van der Waals surface area contributed by atoms with E-state index in [1.807, 2.05) is 42.3 Å². The summed E-state index contributed by atoms with van der Waals surface area (Å²) < 4.78 is 0. The molecular formula is C24H30N4O2. The van der Waals surface area contributed by atoms with Crippen LogP contribution in [0.1, 0.15) is 46.8 Å². The third-order valence-corrected chi connectivity index (χ3v) is 6.31. The highest BCUT2D eigenvalue weighted by Gasteiger charge is 2.42. The zero-order chi connectivity index (χ0) is 21.5. The second-order valence-corrected chi connectivity index (χ2v) is 9.19. The minimum Gasteiger partial charge on any atom is -0.355 e. The van der Waals surface area contributed by atoms with Gasteiger partial charge in [0.15, 0.2) is 0 Å². The fraction of sp³-hybridized carbons (Fsp3) is 0.458. The van der Waals surface area contributed by atoms with E-state index in [9.17, 15) is 9.59 Å². The standard InChI is InChI=1S/C24H30N4O2/c1-16-13-17(2)21(25-14-16)27-9-11-28(12-10-27)23(30)19-7-5-18(6-8-19)20-22(29)26-15-24(20,3)4/h5-8,13-14,20H,9-12,15H2,1-4H3,(H,26,29). The summed E-state index contributed by atoms with van der Waals surface area (Å²) in [6.07, 6.45) is 1.90. The number of piperazine rings is 1. The van der Waals surface area contributed by atoms with Crippen LogP contribution in [0.4, 0.5) is 5.82 Å². The summed E-state index contributed by atoms with van der Waals surface area (Å²) in [6.45, 7) is 11.9. The van der Waals surface area contributed by atoms with Crippen LogP contribution in [-0.2, 0) is 4.79 Å². The number of pyridine rings is 1. The van der Waals surface area contributed by atoms with Crippen LogP contribution in [0.25, 0.3) is 0 Å². The molecule has 6 nitrogen and oxygen atoms in total. The molecule has 0 saturated carbocycles. The maximum atomic E-state index is 13.0. The first-order valence-electron chi connectivity index (χ1n) is 10.6. The number of carbonyl (C=O) groups is 2. The van der Waals surface area contributed by atoms with Crippen molar-refractivity contribution in [2.24, 2.45) is 5.41 Å². The van der Waals surface area contributed by atoms with E-state index in [1.165, 1.54) is 5.56 Å². The highest BCUT2D eigenvalue weighted by atomic mass is 16.2. The Morgan fingerprint density at radius 1 is 1.10 bits per heavy atom. The fourth-order valence-corrected chi connectivity index (χ4v) is 4.64. The molecule has 1 aromatic carbocycles. The van der Waals surface area contributed by atoms with Crippen LogP contribution in [0.3, 0.4) is 0 Å². The minimum absolute atomic E-state index is 0.0462. The second kappa shape index (κ2) is 7.74. The molecule has 0 spiro atoms. The Bertz CT molecular complexity index is 960. The summed E-state index contributed by atoms with van der Waals surface area (Å²) in [5.41, 5.74) is 3.85. The topological polar surface area (TPSA) is 65.5 Å². The first kappa shape index (κ1) is 20.4. The fourth-order valence-electron chi connectivity index (χ4n) is 4.64. The van der Waals surface area contributed by atoms with Gasteiger partial charge in [0, 0.05) is 44.5 Å². The first-order valence-corrected chi connectivity index (χ1v) is 10.6. The van der Waals surface area contributed by atoms with Gasteiger partial charge in [0.2, 0.25) is 5.91 Å². The van der Waals surface area contributed by atoms with E-state index in [2.05, 4.69) is 42.0 Å². The highest BCUT2D eigenvalue weighted by molar-refractivity contribution is 5.95. The van der Waals surface area contributed by atoms with Gasteiger partial charge in [-0.05, 0) is 48.1 Å². The van der Waals surface area contributed by atoms with Gasteiger partial charge in [-0.3, -0.25) is 9.59 Å². The Morgan fingerprint density at radius 2 is 1.77 bits per heavy atom. The van der Waals surface area contributed by atoms with Crippen molar-refractivity contribution < 1.29 is 9.59 Å². The number of nitrogens with zero attached hydrogens (tertiary/aromatic N) is 3. The molecule has 3 heterocycles. The molecule has 0 radical (unpaired) electrons. The van der Waals surface area contributed by atoms with Gasteiger partial charge in [0.1, 0.15) is 5.82 Å². The predicted octanol–water partition coefficient (Wildman–Crippen LogP) is 2.90. The van der Waals surface area contributed by atoms with E-state index in [0.717, 1.165) is 30.0 Å². The van der Waals surface area contributed by atoms with Gasteiger partial charge in [-0.1, -0.05) is 32.0 Å². The van der Waals surface area contributed by atoms with E-state index in [-0.39, 0.29) is 23.1 Å². The lowest BCUT2D eigenvalue weighted by molar-refractivity contribution is -0.121. The van der Waals surface area contributed by atoms with Crippen LogP contribution in [-0.4, -0.2) is 54.4 Å². The Kier molecular flexibility index (Phi) is 5.26. The van der Waals surface area contributed by atoms with Gasteiger partial charge in [0.25, 0.3) is 5.91 Å². The van der Waals surface area contributed by atoms with Crippen LogP contribution in [0.5, 0.6) is 0 Å². The number of hydrogen-bond donors (Lipinski definition) is 1. The van der Waals surface area contributed by atoms with Gasteiger partial charge in [-0.15, -0.1) is 0 Å². The molecule has 1 N–H and O–H groups in total. The molecule has 2 aromatic rings. The lowest BCUT2D eigenvalue weighted by Gasteiger charge is -2.36. The molecule has 2 aliphatic heterocycles. The van der Waals surface area contributed by atoms with E-state index < -0.39 is 0 Å². The van der Waals surface area contributed by atoms with Gasteiger partial charge in [-0.25, -0.2) is 4.98 Å². The summed E-state index contributed by atoms with van der Waals surface area (Å²) in [6, 6.07) is 9.73. The number of carbonyl (C=O) groups excluding carboxylic acids is 2. The largest absolute Gasteiger partial charge is 0.355 e. The SMILES string of the molecule is Cc1cnc(N2CCN(C(=O)c3ccc(C4C(=O)NCC4(C)C)cc3)CC2)c(C)c1. The Morgan fingerprint density at radius 3 is 2.33 bits per heavy atom. The third-order valence-electron chi connectivity index (χ3n) is 6.31. The minimum atomic E-state index is -0.171. The summed E-state index contributed by atoms with van der Waals surface area (Å²) in [7, 11) is 0. The summed E-state index contributed by atoms with van der Waals surface area (Å²) >= 11 is 0. The van der Waals surface area contributed by atoms with Crippen molar-refractivity contribution in [2.75, 3.05) is 37.6 Å². The average Bonchev–Trinajstić information content (AvgIpc) is 3.00. The van der Waals surface area contributed by atoms with Crippen LogP contribution in [0.2, 0.25) is 0 Å². The van der Waals surface area contributed by atoms with Gasteiger partial charge < -0.3 is 15.1 Å². The molecule has 1 aromatic heterocycles. The quantitative estimate of drug-likeness (QED) is 0.851. The van der Waals surface area contributed by atoms with Gasteiger partial charge in [0.05, 0.1) is 5.92 Å². The summed E-state index contributed by atoms with van der Waals surface area (Å²) in [5.74, 6) is 0.949. The van der Waals surface area contributed by atoms with Gasteiger partial charge in [-0.2, -0.15) is 0 Å². The molecule has 2 aliphatic rings. The molecule has 2 amide bonds. The van der Waals surface area contributed by atoms with E-state index >= 15 is 0 Å². The van der Waals surface area contributed by atoms with E-state index in [1.54, 1.807) is 0 Å². The van der Waals surface area contributed by atoms with Crippen molar-refractivity contribution in [3.63, 3.8) is 0 Å². The zero-order valence-corrected chi connectivity index (χ0v) is 18.2. The molecule has 30 heavy (non-hydrogen) atoms. The van der Waals surface area contributed by atoms with E-state index in [4.69, 9.17) is 0 Å². The average molecular weight is 407 g/mol. The number of rotatable bonds is 3. The van der Waals surface area contributed by atoms with Crippen LogP contribution < -0.4 is 10.2 Å². The van der Waals surface area contributed by atoms with Crippen molar-refractivity contribution in [3.8, 4) is 0 Å². The lowest BCUT2D eigenvalue weighted by Crippen LogP contribution is -2.49. The molecule has 2 saturated heterocycles. The van der Waals surface area contributed by atoms with Crippen molar-refractivity contribution in [1.29, 1.82) is 0 Å². The number of hydrogen-bond acceptors (Lipinski definition) is 4. The number of amides is 2. The Hall–Kier alpha value is -2.89. The maximum absolute atomic E-state index is 13.0. The van der Waals surface area contributed by atoms with E-state index in [0.29, 0.717) is 25.2 Å². The van der Waals surface area contributed by atoms with Crippen molar-refractivity contribution >= 4 is 17.6 Å². The zero-order valence-electron chi connectivity index (χ0n) is 18.2.